The summed E-state index contributed by atoms with van der Waals surface area (Å²) < 4.78 is 50.3. The molecule has 5 aliphatic heterocycles. The van der Waals surface area contributed by atoms with Gasteiger partial charge in [0.25, 0.3) is 0 Å². The lowest BCUT2D eigenvalue weighted by Gasteiger charge is -2.50. The topological polar surface area (TPSA) is 383 Å². The minimum absolute atomic E-state index is 0.960. The van der Waals surface area contributed by atoms with E-state index in [1.807, 2.05) is 0 Å². The first kappa shape index (κ1) is 43.7. The summed E-state index contributed by atoms with van der Waals surface area (Å²) in [5.74, 6) is -1.80. The lowest BCUT2D eigenvalue weighted by Crippen LogP contribution is -2.68. The number of aliphatic carboxylic acids is 1. The molecule has 0 aromatic carbocycles. The van der Waals surface area contributed by atoms with Crippen LogP contribution in [0.4, 0.5) is 0 Å². The molecule has 14 N–H and O–H groups in total. The molecule has 0 bridgehead atoms. The van der Waals surface area contributed by atoms with E-state index < -0.39 is 166 Å². The van der Waals surface area contributed by atoms with Crippen molar-refractivity contribution in [3.8, 4) is 0 Å². The molecule has 314 valence electrons. The SMILES string of the molecule is C[C@@H]1O[C@@H](O[C@@H]2[C@@H](O[C@@H]3O[C@H](CO)[C@H](O)[C@H](O)[C@H]3O[C@@H]3O[C@@H](C)[C@H](O)[C@@H](O)[C@H]3O[C@@H]3O[C@@H](C)[C@H](O)[C@@H](O)[C@H]3O)[C@H](O)[C@@H](C(=O)O)O[C@H]2O)[C@H](O)[C@H](O)[C@H]1O. The van der Waals surface area contributed by atoms with Crippen LogP contribution in [0.25, 0.3) is 0 Å². The van der Waals surface area contributed by atoms with Gasteiger partial charge in [-0.15, -0.1) is 0 Å². The summed E-state index contributed by atoms with van der Waals surface area (Å²) in [6.45, 7) is 2.99. The zero-order valence-corrected chi connectivity index (χ0v) is 29.0. The van der Waals surface area contributed by atoms with Crippen LogP contribution in [0.15, 0.2) is 0 Å². The number of ether oxygens (including phenoxy) is 9. The van der Waals surface area contributed by atoms with Crippen molar-refractivity contribution >= 4 is 5.97 Å². The average Bonchev–Trinajstić information content (AvgIpc) is 3.13. The number of carboxylic acids is 1. The molecule has 0 saturated carbocycles. The molecule has 0 aromatic heterocycles. The van der Waals surface area contributed by atoms with Gasteiger partial charge >= 0.3 is 5.97 Å². The number of hydrogen-bond acceptors (Lipinski definition) is 23. The summed E-state index contributed by atoms with van der Waals surface area (Å²) >= 11 is 0. The van der Waals surface area contributed by atoms with Crippen molar-refractivity contribution in [2.24, 2.45) is 0 Å². The second kappa shape index (κ2) is 17.6. The standard InChI is InChI=1S/C30H50O24/c1-5-9(32)13(36)17(40)27(46-5)52-22-15(38)11(34)7(3)48-29(22)53-23-16(39)12(35)8(4-31)49-30(23)51-20-19(42)21(25(43)44)50-26(45)24(20)54-28-18(41)14(37)10(33)6(2)47-28/h5-24,26-42,45H,4H2,1-3H3,(H,43,44)/t5-,6-,7-,8+,9-,10-,11-,12-,13+,14+,15+,16-,17+,18+,19-,20-,21-,22+,23+,24+,26+,27-,28-,29-,30-/m0/s1. The average molecular weight is 795 g/mol. The number of carbonyl (C=O) groups is 1. The number of aliphatic hydroxyl groups excluding tert-OH is 13. The third kappa shape index (κ3) is 8.56. The Hall–Kier alpha value is -1.41. The molecule has 0 radical (unpaired) electrons. The maximum Gasteiger partial charge on any atom is 0.335 e. The second-order valence-corrected chi connectivity index (χ2v) is 13.9. The summed E-state index contributed by atoms with van der Waals surface area (Å²) in [7, 11) is 0. The van der Waals surface area contributed by atoms with Gasteiger partial charge in [0.2, 0.25) is 0 Å². The van der Waals surface area contributed by atoms with Crippen molar-refractivity contribution in [1.82, 2.24) is 0 Å². The smallest absolute Gasteiger partial charge is 0.335 e. The number of carboxylic acid groups (broad SMARTS) is 1. The highest BCUT2D eigenvalue weighted by molar-refractivity contribution is 5.73. The Morgan fingerprint density at radius 1 is 0.444 bits per heavy atom. The number of rotatable bonds is 10. The molecule has 0 unspecified atom stereocenters. The molecule has 54 heavy (non-hydrogen) atoms. The Morgan fingerprint density at radius 2 is 0.833 bits per heavy atom. The quantitative estimate of drug-likeness (QED) is 0.0976. The Balaban J connectivity index is 1.45. The van der Waals surface area contributed by atoms with Crippen molar-refractivity contribution in [3.05, 3.63) is 0 Å². The predicted octanol–water partition coefficient (Wildman–Crippen LogP) is -8.75. The first-order valence-electron chi connectivity index (χ1n) is 17.2. The number of aliphatic hydroxyl groups is 13. The molecule has 0 aromatic rings. The Bertz CT molecular complexity index is 1230. The first-order chi connectivity index (χ1) is 25.3. The van der Waals surface area contributed by atoms with E-state index in [0.717, 1.165) is 0 Å². The summed E-state index contributed by atoms with van der Waals surface area (Å²) in [5.41, 5.74) is 0. The van der Waals surface area contributed by atoms with Gasteiger partial charge < -0.3 is 114 Å². The lowest BCUT2D eigenvalue weighted by atomic mass is 9.95. The third-order valence-corrected chi connectivity index (χ3v) is 10.2. The van der Waals surface area contributed by atoms with Crippen molar-refractivity contribution in [1.29, 1.82) is 0 Å². The molecule has 0 aliphatic carbocycles. The Labute approximate surface area is 306 Å². The third-order valence-electron chi connectivity index (χ3n) is 10.2. The van der Waals surface area contributed by atoms with Gasteiger partial charge in [0.15, 0.2) is 37.6 Å². The fraction of sp³-hybridized carbons (Fsp3) is 0.967. The van der Waals surface area contributed by atoms with E-state index in [9.17, 15) is 76.3 Å². The Morgan fingerprint density at radius 3 is 1.31 bits per heavy atom. The minimum atomic E-state index is -2.28. The largest absolute Gasteiger partial charge is 0.479 e. The fourth-order valence-electron chi connectivity index (χ4n) is 6.78. The normalized spacial score (nSPS) is 54.6. The van der Waals surface area contributed by atoms with Gasteiger partial charge in [0.05, 0.1) is 24.9 Å². The maximum atomic E-state index is 12.0. The van der Waals surface area contributed by atoms with Crippen molar-refractivity contribution in [3.63, 3.8) is 0 Å². The Kier molecular flexibility index (Phi) is 14.3. The molecule has 5 saturated heterocycles. The van der Waals surface area contributed by atoms with Crippen LogP contribution >= 0.6 is 0 Å². The van der Waals surface area contributed by atoms with Gasteiger partial charge in [-0.2, -0.15) is 0 Å². The van der Waals surface area contributed by atoms with E-state index in [1.165, 1.54) is 20.8 Å². The number of hydrogen-bond donors (Lipinski definition) is 14. The van der Waals surface area contributed by atoms with Gasteiger partial charge in [-0.1, -0.05) is 0 Å². The molecular formula is C30H50O24. The highest BCUT2D eigenvalue weighted by atomic mass is 16.8. The zero-order valence-electron chi connectivity index (χ0n) is 29.0. The van der Waals surface area contributed by atoms with Crippen LogP contribution in [0.5, 0.6) is 0 Å². The minimum Gasteiger partial charge on any atom is -0.479 e. The highest BCUT2D eigenvalue weighted by Crippen LogP contribution is 2.36. The molecule has 5 heterocycles. The van der Waals surface area contributed by atoms with Crippen molar-refractivity contribution in [2.75, 3.05) is 6.61 Å². The van der Waals surface area contributed by atoms with Gasteiger partial charge in [-0.25, -0.2) is 4.79 Å². The van der Waals surface area contributed by atoms with Gasteiger partial charge in [0, 0.05) is 0 Å². The van der Waals surface area contributed by atoms with Crippen LogP contribution in [0.2, 0.25) is 0 Å². The van der Waals surface area contributed by atoms with E-state index in [4.69, 9.17) is 42.6 Å². The molecule has 0 spiro atoms. The lowest BCUT2D eigenvalue weighted by molar-refractivity contribution is -0.406. The monoisotopic (exact) mass is 794 g/mol. The second-order valence-electron chi connectivity index (χ2n) is 13.9. The molecular weight excluding hydrogens is 744 g/mol. The maximum absolute atomic E-state index is 12.0. The predicted molar refractivity (Wildman–Crippen MR) is 163 cm³/mol. The van der Waals surface area contributed by atoms with Crippen molar-refractivity contribution < 1.29 is 119 Å². The van der Waals surface area contributed by atoms with Crippen LogP contribution in [-0.4, -0.2) is 238 Å². The summed E-state index contributed by atoms with van der Waals surface area (Å²) in [6.07, 6.45) is -45.7. The fourth-order valence-corrected chi connectivity index (χ4v) is 6.78. The summed E-state index contributed by atoms with van der Waals surface area (Å²) in [6, 6.07) is 0. The molecule has 5 rings (SSSR count). The van der Waals surface area contributed by atoms with Crippen LogP contribution in [-0.2, 0) is 47.4 Å². The van der Waals surface area contributed by atoms with Gasteiger partial charge in [-0.3, -0.25) is 0 Å². The molecule has 5 aliphatic rings. The highest BCUT2D eigenvalue weighted by Gasteiger charge is 2.57. The van der Waals surface area contributed by atoms with Crippen LogP contribution in [0, 0.1) is 0 Å². The molecule has 25 atom stereocenters. The van der Waals surface area contributed by atoms with Gasteiger partial charge in [-0.05, 0) is 20.8 Å². The molecule has 24 heteroatoms. The van der Waals surface area contributed by atoms with E-state index in [2.05, 4.69) is 0 Å². The molecule has 0 amide bonds. The molecule has 24 nitrogen and oxygen atoms in total. The summed E-state index contributed by atoms with van der Waals surface area (Å²) in [4.78, 5) is 12.0. The van der Waals surface area contributed by atoms with Crippen molar-refractivity contribution in [2.45, 2.75) is 174 Å². The van der Waals surface area contributed by atoms with Gasteiger partial charge in [0.1, 0.15) is 97.7 Å². The van der Waals surface area contributed by atoms with Crippen LogP contribution in [0.3, 0.4) is 0 Å². The van der Waals surface area contributed by atoms with E-state index >= 15 is 0 Å². The van der Waals surface area contributed by atoms with Crippen LogP contribution < -0.4 is 0 Å². The zero-order chi connectivity index (χ0) is 40.1. The van der Waals surface area contributed by atoms with E-state index in [-0.39, 0.29) is 0 Å². The summed E-state index contributed by atoms with van der Waals surface area (Å²) in [5, 5.41) is 147. The van der Waals surface area contributed by atoms with Crippen LogP contribution in [0.1, 0.15) is 20.8 Å². The van der Waals surface area contributed by atoms with E-state index in [0.29, 0.717) is 0 Å². The first-order valence-corrected chi connectivity index (χ1v) is 17.2. The molecule has 5 fully saturated rings. The van der Waals surface area contributed by atoms with E-state index in [1.54, 1.807) is 0 Å².